The molecule has 0 aliphatic carbocycles. The zero-order valence-corrected chi connectivity index (χ0v) is 14.8. The molecule has 28 heavy (non-hydrogen) atoms. The summed E-state index contributed by atoms with van der Waals surface area (Å²) < 4.78 is 29.5. The van der Waals surface area contributed by atoms with Gasteiger partial charge in [-0.25, -0.2) is 0 Å². The number of halogens is 2. The Morgan fingerprint density at radius 1 is 0.857 bits per heavy atom. The molecule has 6 heteroatoms. The summed E-state index contributed by atoms with van der Waals surface area (Å²) in [5.41, 5.74) is 4.73. The Hall–Kier alpha value is -3.67. The largest absolute Gasteiger partial charge is 0.434 e. The zero-order valence-electron chi connectivity index (χ0n) is 14.8. The Balaban J connectivity index is 1.79. The number of nitrogens with zero attached hydrogens (tertiary/aromatic N) is 1. The number of hydrazine groups is 1. The van der Waals surface area contributed by atoms with Crippen molar-refractivity contribution in [3.05, 3.63) is 96.6 Å². The summed E-state index contributed by atoms with van der Waals surface area (Å²) in [4.78, 5) is 12.5. The Kier molecular flexibility index (Phi) is 6.36. The van der Waals surface area contributed by atoms with Crippen molar-refractivity contribution < 1.29 is 18.3 Å². The summed E-state index contributed by atoms with van der Waals surface area (Å²) in [5, 5.41) is 1.65. The molecule has 0 heterocycles. The highest BCUT2D eigenvalue weighted by Crippen LogP contribution is 2.23. The van der Waals surface area contributed by atoms with Crippen LogP contribution in [0, 0.1) is 0 Å². The molecule has 0 unspecified atom stereocenters. The van der Waals surface area contributed by atoms with Gasteiger partial charge in [0.25, 0.3) is 5.91 Å². The number of ether oxygens (including phenoxy) is 1. The number of hydrogen-bond acceptors (Lipinski definition) is 3. The van der Waals surface area contributed by atoms with E-state index in [-0.39, 0.29) is 5.75 Å². The molecular weight excluding hydrogens is 362 g/mol. The van der Waals surface area contributed by atoms with Crippen LogP contribution in [-0.2, 0) is 4.79 Å². The van der Waals surface area contributed by atoms with Gasteiger partial charge < -0.3 is 4.74 Å². The summed E-state index contributed by atoms with van der Waals surface area (Å²) in [7, 11) is 0. The molecule has 0 aromatic heterocycles. The Labute approximate surface area is 161 Å². The van der Waals surface area contributed by atoms with E-state index in [1.807, 2.05) is 60.7 Å². The first-order valence-corrected chi connectivity index (χ1v) is 8.56. The maximum atomic E-state index is 12.5. The standard InChI is InChI=1S/C22H18F2N2O2/c23-22(24)28-20-14-8-7-9-17(20)15-16-21(27)25-26(18-10-3-1-4-11-18)19-12-5-2-6-13-19/h1-16,22H,(H,25,27)/b16-15+. The predicted octanol–water partition coefficient (Wildman–Crippen LogP) is 5.17. The smallest absolute Gasteiger partial charge is 0.387 e. The van der Waals surface area contributed by atoms with Gasteiger partial charge in [0.05, 0.1) is 11.4 Å². The van der Waals surface area contributed by atoms with Gasteiger partial charge >= 0.3 is 6.61 Å². The molecule has 0 saturated carbocycles. The lowest BCUT2D eigenvalue weighted by Gasteiger charge is -2.24. The van der Waals surface area contributed by atoms with E-state index in [0.717, 1.165) is 11.4 Å². The van der Waals surface area contributed by atoms with Crippen molar-refractivity contribution in [1.29, 1.82) is 0 Å². The van der Waals surface area contributed by atoms with E-state index in [4.69, 9.17) is 0 Å². The SMILES string of the molecule is O=C(/C=C/c1ccccc1OC(F)F)NN(c1ccccc1)c1ccccc1. The minimum absolute atomic E-state index is 0.00419. The van der Waals surface area contributed by atoms with Gasteiger partial charge in [0.1, 0.15) is 5.75 Å². The molecule has 0 bridgehead atoms. The van der Waals surface area contributed by atoms with Crippen molar-refractivity contribution >= 4 is 23.4 Å². The minimum atomic E-state index is -2.94. The number of carbonyl (C=O) groups excluding carboxylic acids is 1. The van der Waals surface area contributed by atoms with Crippen LogP contribution in [0.4, 0.5) is 20.2 Å². The maximum absolute atomic E-state index is 12.5. The summed E-state index contributed by atoms with van der Waals surface area (Å²) in [6.07, 6.45) is 2.70. The number of para-hydroxylation sites is 3. The maximum Gasteiger partial charge on any atom is 0.387 e. The first kappa shape index (κ1) is 19.1. The van der Waals surface area contributed by atoms with Gasteiger partial charge in [-0.15, -0.1) is 0 Å². The van der Waals surface area contributed by atoms with Gasteiger partial charge in [0.15, 0.2) is 0 Å². The van der Waals surface area contributed by atoms with E-state index in [0.29, 0.717) is 5.56 Å². The van der Waals surface area contributed by atoms with Crippen LogP contribution in [0.1, 0.15) is 5.56 Å². The molecule has 0 atom stereocenters. The molecule has 3 rings (SSSR count). The summed E-state index contributed by atoms with van der Waals surface area (Å²) in [6.45, 7) is -2.94. The van der Waals surface area contributed by atoms with E-state index in [1.54, 1.807) is 23.2 Å². The predicted molar refractivity (Wildman–Crippen MR) is 105 cm³/mol. The monoisotopic (exact) mass is 380 g/mol. The molecule has 1 amide bonds. The third-order valence-corrected chi connectivity index (χ3v) is 3.80. The van der Waals surface area contributed by atoms with Gasteiger partial charge in [-0.1, -0.05) is 54.6 Å². The Morgan fingerprint density at radius 2 is 1.39 bits per heavy atom. The second-order valence-electron chi connectivity index (χ2n) is 5.73. The number of benzene rings is 3. The molecule has 0 aliphatic rings. The fraction of sp³-hybridized carbons (Fsp3) is 0.0455. The number of amides is 1. The number of rotatable bonds is 7. The first-order chi connectivity index (χ1) is 13.6. The average molecular weight is 380 g/mol. The van der Waals surface area contributed by atoms with E-state index >= 15 is 0 Å². The van der Waals surface area contributed by atoms with Gasteiger partial charge in [0.2, 0.25) is 0 Å². The van der Waals surface area contributed by atoms with E-state index in [1.165, 1.54) is 18.2 Å². The van der Waals surface area contributed by atoms with Gasteiger partial charge in [-0.2, -0.15) is 8.78 Å². The van der Waals surface area contributed by atoms with Crippen LogP contribution in [0.2, 0.25) is 0 Å². The molecule has 0 spiro atoms. The summed E-state index contributed by atoms with van der Waals surface area (Å²) in [6, 6.07) is 25.0. The van der Waals surface area contributed by atoms with E-state index in [9.17, 15) is 13.6 Å². The molecule has 0 aliphatic heterocycles. The van der Waals surface area contributed by atoms with Crippen LogP contribution < -0.4 is 15.2 Å². The quantitative estimate of drug-likeness (QED) is 0.454. The van der Waals surface area contributed by atoms with Crippen molar-refractivity contribution in [2.75, 3.05) is 5.01 Å². The van der Waals surface area contributed by atoms with Crippen LogP contribution in [0.25, 0.3) is 6.08 Å². The van der Waals surface area contributed by atoms with Crippen LogP contribution in [0.15, 0.2) is 91.0 Å². The van der Waals surface area contributed by atoms with Crippen molar-refractivity contribution in [2.45, 2.75) is 6.61 Å². The number of alkyl halides is 2. The van der Waals surface area contributed by atoms with Crippen LogP contribution in [-0.4, -0.2) is 12.5 Å². The second-order valence-corrected chi connectivity index (χ2v) is 5.73. The third kappa shape index (κ3) is 5.17. The number of carbonyl (C=O) groups is 1. The topological polar surface area (TPSA) is 41.6 Å². The van der Waals surface area contributed by atoms with Crippen LogP contribution in [0.5, 0.6) is 5.75 Å². The number of hydrogen-bond donors (Lipinski definition) is 1. The van der Waals surface area contributed by atoms with Crippen LogP contribution >= 0.6 is 0 Å². The van der Waals surface area contributed by atoms with Crippen molar-refractivity contribution in [3.63, 3.8) is 0 Å². The van der Waals surface area contributed by atoms with E-state index < -0.39 is 12.5 Å². The van der Waals surface area contributed by atoms with Gasteiger partial charge in [-0.3, -0.25) is 15.2 Å². The zero-order chi connectivity index (χ0) is 19.8. The molecule has 0 fully saturated rings. The number of anilines is 2. The molecule has 1 N–H and O–H groups in total. The highest BCUT2D eigenvalue weighted by molar-refractivity contribution is 5.94. The molecular formula is C22H18F2N2O2. The molecule has 0 saturated heterocycles. The van der Waals surface area contributed by atoms with Crippen molar-refractivity contribution in [2.24, 2.45) is 0 Å². The van der Waals surface area contributed by atoms with Crippen molar-refractivity contribution in [3.8, 4) is 5.75 Å². The molecule has 3 aromatic rings. The molecule has 0 radical (unpaired) electrons. The lowest BCUT2D eigenvalue weighted by Crippen LogP contribution is -2.37. The third-order valence-electron chi connectivity index (χ3n) is 3.80. The molecule has 4 nitrogen and oxygen atoms in total. The van der Waals surface area contributed by atoms with Gasteiger partial charge in [-0.05, 0) is 36.4 Å². The van der Waals surface area contributed by atoms with Gasteiger partial charge in [0, 0.05) is 11.6 Å². The van der Waals surface area contributed by atoms with E-state index in [2.05, 4.69) is 10.2 Å². The normalized spacial score (nSPS) is 10.8. The lowest BCUT2D eigenvalue weighted by atomic mass is 10.2. The highest BCUT2D eigenvalue weighted by atomic mass is 19.3. The average Bonchev–Trinajstić information content (AvgIpc) is 2.72. The fourth-order valence-corrected chi connectivity index (χ4v) is 2.57. The summed E-state index contributed by atoms with van der Waals surface area (Å²) >= 11 is 0. The highest BCUT2D eigenvalue weighted by Gasteiger charge is 2.11. The Morgan fingerprint density at radius 3 is 1.96 bits per heavy atom. The molecule has 3 aromatic carbocycles. The minimum Gasteiger partial charge on any atom is -0.434 e. The Bertz CT molecular complexity index is 892. The molecule has 142 valence electrons. The summed E-state index contributed by atoms with van der Waals surface area (Å²) in [5.74, 6) is -0.413. The fourth-order valence-electron chi connectivity index (χ4n) is 2.57. The van der Waals surface area contributed by atoms with Crippen molar-refractivity contribution in [1.82, 2.24) is 5.43 Å². The first-order valence-electron chi connectivity index (χ1n) is 8.56. The second kappa shape index (κ2) is 9.32. The number of nitrogens with one attached hydrogen (secondary N) is 1. The lowest BCUT2D eigenvalue weighted by molar-refractivity contribution is -0.116. The van der Waals surface area contributed by atoms with Crippen LogP contribution in [0.3, 0.4) is 0 Å².